The zero-order valence-corrected chi connectivity index (χ0v) is 4.68. The Morgan fingerprint density at radius 1 is 1.33 bits per heavy atom. The van der Waals surface area contributed by atoms with Gasteiger partial charge in [0.2, 0.25) is 0 Å². The topological polar surface area (TPSA) is 73.5 Å². The molecule has 9 heavy (non-hydrogen) atoms. The highest BCUT2D eigenvalue weighted by atomic mass is 15.1. The van der Waals surface area contributed by atoms with Crippen molar-refractivity contribution < 1.29 is 0 Å². The lowest BCUT2D eigenvalue weighted by atomic mass is 11.0. The van der Waals surface area contributed by atoms with Crippen LogP contribution in [0.25, 0.3) is 10.4 Å². The Kier molecular flexibility index (Phi) is 5.25. The molecule has 0 amide bonds. The van der Waals surface area contributed by atoms with Gasteiger partial charge in [-0.25, -0.2) is 9.98 Å². The van der Waals surface area contributed by atoms with Crippen LogP contribution in [-0.4, -0.2) is 12.7 Å². The van der Waals surface area contributed by atoms with Gasteiger partial charge >= 0.3 is 0 Å². The molecule has 0 spiro atoms. The molecular weight excluding hydrogens is 118 g/mol. The predicted octanol–water partition coefficient (Wildman–Crippen LogP) is 1.50. The van der Waals surface area contributed by atoms with Crippen LogP contribution in [0.15, 0.2) is 27.9 Å². The van der Waals surface area contributed by atoms with E-state index in [-0.39, 0.29) is 0 Å². The number of hydrogen-bond acceptors (Lipinski definition) is 1. The molecule has 0 saturated heterocycles. The summed E-state index contributed by atoms with van der Waals surface area (Å²) in [6.07, 6.45) is 3.60. The van der Waals surface area contributed by atoms with Crippen molar-refractivity contribution in [3.63, 3.8) is 0 Å². The lowest BCUT2D eigenvalue weighted by molar-refractivity contribution is 1.55. The van der Waals surface area contributed by atoms with Crippen LogP contribution in [0.2, 0.25) is 0 Å². The van der Waals surface area contributed by atoms with Crippen molar-refractivity contribution in [2.24, 2.45) is 15.1 Å². The van der Waals surface area contributed by atoms with E-state index in [1.165, 1.54) is 12.5 Å². The van der Waals surface area contributed by atoms with E-state index in [2.05, 4.69) is 26.6 Å². The summed E-state index contributed by atoms with van der Waals surface area (Å²) in [5, 5.41) is 3.01. The molecule has 0 N–H and O–H groups in total. The lowest BCUT2D eigenvalue weighted by Crippen LogP contribution is -1.63. The van der Waals surface area contributed by atoms with E-state index in [1.807, 2.05) is 0 Å². The van der Waals surface area contributed by atoms with Crippen molar-refractivity contribution in [3.05, 3.63) is 23.2 Å². The number of azide groups is 1. The summed E-state index contributed by atoms with van der Waals surface area (Å²) in [7, 11) is 0. The molecule has 0 unspecified atom stereocenters. The molecule has 0 heterocycles. The van der Waals surface area contributed by atoms with Gasteiger partial charge in [0.1, 0.15) is 6.34 Å². The fraction of sp³-hybridized carbons (Fsp3) is 0. The quantitative estimate of drug-likeness (QED) is 0.179. The second-order valence-electron chi connectivity index (χ2n) is 0.917. The molecule has 46 valence electrons. The fourth-order valence-electron chi connectivity index (χ4n) is 0.168. The Morgan fingerprint density at radius 3 is 2.67 bits per heavy atom. The second kappa shape index (κ2) is 6.39. The minimum atomic E-state index is 1.05. The summed E-state index contributed by atoms with van der Waals surface area (Å²) in [5.74, 6) is 0. The molecule has 0 rings (SSSR count). The van der Waals surface area contributed by atoms with Crippen LogP contribution >= 0.6 is 0 Å². The molecule has 0 atom stereocenters. The molecule has 0 saturated carbocycles. The monoisotopic (exact) mass is 123 g/mol. The van der Waals surface area contributed by atoms with Gasteiger partial charge in [-0.2, -0.15) is 0 Å². The first-order chi connectivity index (χ1) is 4.41. The molecule has 0 aromatic heterocycles. The highest BCUT2D eigenvalue weighted by molar-refractivity contribution is 5.71. The standard InChI is InChI=1S/C4H5N5/c1-2-6-3-7-4-8-9-5/h2-4H,1H2/b6-3-,7-4-. The molecule has 0 aromatic rings. The van der Waals surface area contributed by atoms with Crippen LogP contribution < -0.4 is 0 Å². The van der Waals surface area contributed by atoms with Gasteiger partial charge in [-0.1, -0.05) is 6.58 Å². The van der Waals surface area contributed by atoms with E-state index in [1.54, 1.807) is 0 Å². The molecule has 0 radical (unpaired) electrons. The summed E-state index contributed by atoms with van der Waals surface area (Å²) in [6, 6.07) is 0. The molecule has 0 aliphatic rings. The number of aliphatic imine (C=N–C) groups is 2. The largest absolute Gasteiger partial charge is 0.246 e. The van der Waals surface area contributed by atoms with Gasteiger partial charge in [-0.05, 0) is 10.6 Å². The van der Waals surface area contributed by atoms with Gasteiger partial charge in [-0.3, -0.25) is 0 Å². The van der Waals surface area contributed by atoms with E-state index in [0.29, 0.717) is 0 Å². The summed E-state index contributed by atoms with van der Waals surface area (Å²) in [4.78, 5) is 9.37. The van der Waals surface area contributed by atoms with Gasteiger partial charge in [0.25, 0.3) is 0 Å². The first kappa shape index (κ1) is 7.39. The first-order valence-corrected chi connectivity index (χ1v) is 2.10. The highest BCUT2D eigenvalue weighted by Crippen LogP contribution is 1.66. The third-order valence-electron chi connectivity index (χ3n) is 0.409. The van der Waals surface area contributed by atoms with Crippen LogP contribution in [0.4, 0.5) is 0 Å². The third-order valence-corrected chi connectivity index (χ3v) is 0.409. The second-order valence-corrected chi connectivity index (χ2v) is 0.917. The molecule has 0 aliphatic heterocycles. The van der Waals surface area contributed by atoms with Crippen molar-refractivity contribution in [1.82, 2.24) is 0 Å². The van der Waals surface area contributed by atoms with Gasteiger partial charge < -0.3 is 0 Å². The van der Waals surface area contributed by atoms with Crippen LogP contribution in [0.1, 0.15) is 0 Å². The van der Waals surface area contributed by atoms with Crippen LogP contribution in [-0.2, 0) is 0 Å². The predicted molar refractivity (Wildman–Crippen MR) is 36.3 cm³/mol. The summed E-state index contributed by atoms with van der Waals surface area (Å²) < 4.78 is 0. The summed E-state index contributed by atoms with van der Waals surface area (Å²) in [6.45, 7) is 3.30. The minimum absolute atomic E-state index is 1.05. The maximum Gasteiger partial charge on any atom is 0.115 e. The first-order valence-electron chi connectivity index (χ1n) is 2.10. The fourth-order valence-corrected chi connectivity index (χ4v) is 0.168. The molecule has 0 aromatic carbocycles. The molecule has 5 heteroatoms. The van der Waals surface area contributed by atoms with Crippen molar-refractivity contribution in [2.45, 2.75) is 0 Å². The van der Waals surface area contributed by atoms with Gasteiger partial charge in [0.05, 0.1) is 6.34 Å². The highest BCUT2D eigenvalue weighted by Gasteiger charge is 1.57. The Bertz CT molecular complexity index is 173. The Balaban J connectivity index is 3.58. The van der Waals surface area contributed by atoms with E-state index < -0.39 is 0 Å². The number of rotatable bonds is 3. The summed E-state index contributed by atoms with van der Waals surface area (Å²) in [5.41, 5.74) is 7.73. The van der Waals surface area contributed by atoms with E-state index in [0.717, 1.165) is 6.34 Å². The number of nitrogens with zero attached hydrogens (tertiary/aromatic N) is 5. The van der Waals surface area contributed by atoms with Gasteiger partial charge in [0.15, 0.2) is 0 Å². The van der Waals surface area contributed by atoms with Crippen molar-refractivity contribution >= 4 is 12.7 Å². The average Bonchev–Trinajstić information content (AvgIpc) is 1.89. The summed E-state index contributed by atoms with van der Waals surface area (Å²) >= 11 is 0. The SMILES string of the molecule is C=C/N=C\N=C/N=[N+]=[N-]. The maximum atomic E-state index is 7.73. The van der Waals surface area contributed by atoms with Crippen molar-refractivity contribution in [2.75, 3.05) is 0 Å². The molecule has 0 fully saturated rings. The zero-order valence-electron chi connectivity index (χ0n) is 4.68. The van der Waals surface area contributed by atoms with Crippen molar-refractivity contribution in [1.29, 1.82) is 0 Å². The van der Waals surface area contributed by atoms with Crippen LogP contribution in [0, 0.1) is 0 Å². The molecule has 0 aliphatic carbocycles. The van der Waals surface area contributed by atoms with Crippen molar-refractivity contribution in [3.8, 4) is 0 Å². The lowest BCUT2D eigenvalue weighted by Gasteiger charge is -1.68. The smallest absolute Gasteiger partial charge is 0.115 e. The number of hydrogen-bond donors (Lipinski definition) is 0. The zero-order chi connectivity index (χ0) is 6.95. The minimum Gasteiger partial charge on any atom is -0.246 e. The molecule has 5 nitrogen and oxygen atoms in total. The maximum absolute atomic E-state index is 7.73. The normalized spacial score (nSPS) is 9.78. The Hall–Kier alpha value is -1.61. The van der Waals surface area contributed by atoms with E-state index in [4.69, 9.17) is 5.53 Å². The van der Waals surface area contributed by atoms with E-state index >= 15 is 0 Å². The van der Waals surface area contributed by atoms with Gasteiger partial charge in [0, 0.05) is 11.1 Å². The van der Waals surface area contributed by atoms with Gasteiger partial charge in [-0.15, -0.1) is 0 Å². The Morgan fingerprint density at radius 2 is 2.11 bits per heavy atom. The van der Waals surface area contributed by atoms with Crippen LogP contribution in [0.5, 0.6) is 0 Å². The van der Waals surface area contributed by atoms with E-state index in [9.17, 15) is 0 Å². The third kappa shape index (κ3) is 6.39. The molecular formula is C4H5N5. The molecule has 0 bridgehead atoms. The van der Waals surface area contributed by atoms with Crippen LogP contribution in [0.3, 0.4) is 0 Å². The average molecular weight is 123 g/mol. The Labute approximate surface area is 52.1 Å².